The molecular weight excluding hydrogens is 364 g/mol. The van der Waals surface area contributed by atoms with Crippen molar-refractivity contribution in [2.45, 2.75) is 19.1 Å². The van der Waals surface area contributed by atoms with E-state index < -0.39 is 11.0 Å². The van der Waals surface area contributed by atoms with Gasteiger partial charge < -0.3 is 19.3 Å². The number of aliphatic hydroxyl groups excluding tert-OH is 1. The fourth-order valence-electron chi connectivity index (χ4n) is 3.33. The summed E-state index contributed by atoms with van der Waals surface area (Å²) < 4.78 is 16.2. The first-order valence-electron chi connectivity index (χ1n) is 9.01. The lowest BCUT2D eigenvalue weighted by molar-refractivity contribution is -0.384. The number of non-ortho nitro benzene ring substituents is 1. The number of hydrogen-bond acceptors (Lipinski definition) is 7. The van der Waals surface area contributed by atoms with Gasteiger partial charge in [0.1, 0.15) is 18.5 Å². The molecule has 0 spiro atoms. The fraction of sp³-hybridized carbons (Fsp3) is 0.400. The average Bonchev–Trinajstić information content (AvgIpc) is 2.71. The van der Waals surface area contributed by atoms with E-state index in [2.05, 4.69) is 4.90 Å². The van der Waals surface area contributed by atoms with Crippen molar-refractivity contribution in [1.82, 2.24) is 4.90 Å². The topological polar surface area (TPSA) is 94.3 Å². The highest BCUT2D eigenvalue weighted by Crippen LogP contribution is 2.33. The Labute approximate surface area is 163 Å². The number of rotatable bonds is 8. The highest BCUT2D eigenvalue weighted by molar-refractivity contribution is 5.48. The molecular formula is C20H24N2O6. The van der Waals surface area contributed by atoms with Crippen LogP contribution in [0.15, 0.2) is 36.4 Å². The van der Waals surface area contributed by atoms with Crippen LogP contribution in [0.3, 0.4) is 0 Å². The van der Waals surface area contributed by atoms with Gasteiger partial charge in [-0.2, -0.15) is 0 Å². The third-order valence-electron chi connectivity index (χ3n) is 4.74. The van der Waals surface area contributed by atoms with Crippen LogP contribution in [0.25, 0.3) is 0 Å². The quantitative estimate of drug-likeness (QED) is 0.548. The second kappa shape index (κ2) is 8.90. The van der Waals surface area contributed by atoms with Crippen molar-refractivity contribution < 1.29 is 24.2 Å². The Kier molecular flexibility index (Phi) is 6.33. The van der Waals surface area contributed by atoms with Gasteiger partial charge in [0.25, 0.3) is 5.69 Å². The van der Waals surface area contributed by atoms with Gasteiger partial charge in [-0.15, -0.1) is 0 Å². The van der Waals surface area contributed by atoms with E-state index in [9.17, 15) is 15.2 Å². The molecule has 3 rings (SSSR count). The Balaban J connectivity index is 1.56. The minimum atomic E-state index is -0.707. The summed E-state index contributed by atoms with van der Waals surface area (Å²) in [5, 5.41) is 21.1. The van der Waals surface area contributed by atoms with E-state index >= 15 is 0 Å². The van der Waals surface area contributed by atoms with E-state index in [0.29, 0.717) is 24.6 Å². The number of nitro benzene ring substituents is 1. The molecule has 0 unspecified atom stereocenters. The molecule has 2 aromatic carbocycles. The third kappa shape index (κ3) is 4.71. The Morgan fingerprint density at radius 3 is 2.57 bits per heavy atom. The van der Waals surface area contributed by atoms with Crippen molar-refractivity contribution in [2.75, 3.05) is 33.9 Å². The van der Waals surface area contributed by atoms with E-state index in [4.69, 9.17) is 14.2 Å². The Morgan fingerprint density at radius 2 is 1.89 bits per heavy atom. The molecule has 0 radical (unpaired) electrons. The number of nitro groups is 1. The number of aliphatic hydroxyl groups is 1. The SMILES string of the molecule is COc1cc2c(cc1OC)CN(C[C@H](O)COc1cccc([N+](=O)[O-])c1)CC2. The molecule has 8 heteroatoms. The minimum Gasteiger partial charge on any atom is -0.493 e. The van der Waals surface area contributed by atoms with Gasteiger partial charge in [-0.25, -0.2) is 0 Å². The van der Waals surface area contributed by atoms with Gasteiger partial charge in [-0.1, -0.05) is 6.07 Å². The first-order valence-corrected chi connectivity index (χ1v) is 9.01. The average molecular weight is 388 g/mol. The maximum atomic E-state index is 10.8. The fourth-order valence-corrected chi connectivity index (χ4v) is 3.33. The van der Waals surface area contributed by atoms with Crippen LogP contribution >= 0.6 is 0 Å². The summed E-state index contributed by atoms with van der Waals surface area (Å²) in [4.78, 5) is 12.5. The second-order valence-electron chi connectivity index (χ2n) is 6.68. The first-order chi connectivity index (χ1) is 13.5. The normalized spacial score (nSPS) is 14.8. The largest absolute Gasteiger partial charge is 0.493 e. The number of nitrogens with zero attached hydrogens (tertiary/aromatic N) is 2. The van der Waals surface area contributed by atoms with Gasteiger partial charge in [0, 0.05) is 25.7 Å². The predicted molar refractivity (Wildman–Crippen MR) is 103 cm³/mol. The van der Waals surface area contributed by atoms with Crippen molar-refractivity contribution in [1.29, 1.82) is 0 Å². The van der Waals surface area contributed by atoms with Crippen LogP contribution in [0.5, 0.6) is 17.2 Å². The zero-order valence-corrected chi connectivity index (χ0v) is 16.0. The van der Waals surface area contributed by atoms with Gasteiger partial charge in [0.05, 0.1) is 25.2 Å². The summed E-state index contributed by atoms with van der Waals surface area (Å²) in [6.45, 7) is 2.03. The summed E-state index contributed by atoms with van der Waals surface area (Å²) in [6, 6.07) is 9.93. The lowest BCUT2D eigenvalue weighted by atomic mass is 9.98. The summed E-state index contributed by atoms with van der Waals surface area (Å²) >= 11 is 0. The number of benzene rings is 2. The van der Waals surface area contributed by atoms with E-state index in [1.54, 1.807) is 26.4 Å². The number of fused-ring (bicyclic) bond motifs is 1. The lowest BCUT2D eigenvalue weighted by Crippen LogP contribution is -2.38. The molecule has 150 valence electrons. The molecule has 1 N–H and O–H groups in total. The van der Waals surface area contributed by atoms with E-state index in [-0.39, 0.29) is 12.3 Å². The molecule has 0 aliphatic carbocycles. The van der Waals surface area contributed by atoms with E-state index in [1.165, 1.54) is 17.7 Å². The number of methoxy groups -OCH3 is 2. The van der Waals surface area contributed by atoms with Crippen LogP contribution in [-0.2, 0) is 13.0 Å². The molecule has 0 saturated heterocycles. The molecule has 0 saturated carbocycles. The lowest BCUT2D eigenvalue weighted by Gasteiger charge is -2.31. The highest BCUT2D eigenvalue weighted by Gasteiger charge is 2.21. The van der Waals surface area contributed by atoms with Crippen LogP contribution < -0.4 is 14.2 Å². The molecule has 1 heterocycles. The molecule has 0 aromatic heterocycles. The molecule has 1 aliphatic heterocycles. The molecule has 1 aliphatic rings. The summed E-state index contributed by atoms with van der Waals surface area (Å²) in [5.74, 6) is 1.78. The molecule has 28 heavy (non-hydrogen) atoms. The van der Waals surface area contributed by atoms with Crippen molar-refractivity contribution in [3.63, 3.8) is 0 Å². The highest BCUT2D eigenvalue weighted by atomic mass is 16.6. The van der Waals surface area contributed by atoms with Gasteiger partial charge in [0.15, 0.2) is 11.5 Å². The summed E-state index contributed by atoms with van der Waals surface area (Å²) in [6.07, 6.45) is 0.148. The van der Waals surface area contributed by atoms with Gasteiger partial charge in [-0.3, -0.25) is 15.0 Å². The molecule has 0 fully saturated rings. The van der Waals surface area contributed by atoms with Crippen molar-refractivity contribution in [2.24, 2.45) is 0 Å². The maximum Gasteiger partial charge on any atom is 0.273 e. The van der Waals surface area contributed by atoms with Crippen LogP contribution in [0.2, 0.25) is 0 Å². The van der Waals surface area contributed by atoms with Crippen molar-refractivity contribution in [3.05, 3.63) is 57.6 Å². The Hall–Kier alpha value is -2.84. The third-order valence-corrected chi connectivity index (χ3v) is 4.74. The van der Waals surface area contributed by atoms with E-state index in [1.807, 2.05) is 12.1 Å². The van der Waals surface area contributed by atoms with E-state index in [0.717, 1.165) is 24.3 Å². The Morgan fingerprint density at radius 1 is 1.18 bits per heavy atom. The maximum absolute atomic E-state index is 10.8. The predicted octanol–water partition coefficient (Wildman–Crippen LogP) is 2.41. The van der Waals surface area contributed by atoms with Crippen LogP contribution in [-0.4, -0.2) is 54.9 Å². The van der Waals surface area contributed by atoms with Crippen LogP contribution in [0.1, 0.15) is 11.1 Å². The smallest absolute Gasteiger partial charge is 0.273 e. The van der Waals surface area contributed by atoms with Crippen molar-refractivity contribution >= 4 is 5.69 Å². The first kappa shape index (κ1) is 19.9. The van der Waals surface area contributed by atoms with Gasteiger partial charge in [-0.05, 0) is 35.7 Å². The second-order valence-corrected chi connectivity index (χ2v) is 6.68. The molecule has 1 atom stereocenters. The minimum absolute atomic E-state index is 0.0380. The van der Waals surface area contributed by atoms with Gasteiger partial charge in [0.2, 0.25) is 0 Å². The molecule has 0 bridgehead atoms. The Bertz CT molecular complexity index is 841. The number of ether oxygens (including phenoxy) is 3. The monoisotopic (exact) mass is 388 g/mol. The molecule has 0 amide bonds. The zero-order chi connectivity index (χ0) is 20.1. The summed E-state index contributed by atoms with van der Waals surface area (Å²) in [7, 11) is 3.23. The standard InChI is InChI=1S/C20H24N2O6/c1-26-19-8-14-6-7-21(11-15(14)9-20(19)27-2)12-17(23)13-28-18-5-3-4-16(10-18)22(24)25/h3-5,8-10,17,23H,6-7,11-13H2,1-2H3/t17-/m0/s1. The summed E-state index contributed by atoms with van der Waals surface area (Å²) in [5.41, 5.74) is 2.33. The zero-order valence-electron chi connectivity index (χ0n) is 16.0. The van der Waals surface area contributed by atoms with Crippen LogP contribution in [0.4, 0.5) is 5.69 Å². The molecule has 2 aromatic rings. The number of hydrogen-bond donors (Lipinski definition) is 1. The molecule has 8 nitrogen and oxygen atoms in total. The van der Waals surface area contributed by atoms with Crippen molar-refractivity contribution in [3.8, 4) is 17.2 Å². The number of β-amino-alcohol motifs (C(OH)–C–C–N with tert-alkyl or cyclic N) is 1. The van der Waals surface area contributed by atoms with Crippen LogP contribution in [0, 0.1) is 10.1 Å². The van der Waals surface area contributed by atoms with Gasteiger partial charge >= 0.3 is 0 Å².